The van der Waals surface area contributed by atoms with Crippen molar-refractivity contribution < 1.29 is 13.6 Å². The minimum absolute atomic E-state index is 0.297. The Balaban J connectivity index is 1.28. The molecule has 7 heteroatoms. The van der Waals surface area contributed by atoms with Gasteiger partial charge in [0.05, 0.1) is 0 Å². The average molecular weight is 489 g/mol. The lowest BCUT2D eigenvalue weighted by Crippen LogP contribution is -2.07. The molecule has 0 unspecified atom stereocenters. The van der Waals surface area contributed by atoms with E-state index >= 15 is 0 Å². The molecule has 168 valence electrons. The van der Waals surface area contributed by atoms with Crippen LogP contribution in [0.15, 0.2) is 87.7 Å². The second-order valence-electron chi connectivity index (χ2n) is 7.70. The first kappa shape index (κ1) is 22.0. The topological polar surface area (TPSA) is 68.3 Å². The number of amides is 1. The Morgan fingerprint density at radius 3 is 2.65 bits per heavy atom. The minimum Gasteiger partial charge on any atom is -0.457 e. The first-order valence-corrected chi connectivity index (χ1v) is 11.2. The van der Waals surface area contributed by atoms with Crippen molar-refractivity contribution in [3.63, 3.8) is 0 Å². The van der Waals surface area contributed by atoms with Crippen LogP contribution < -0.4 is 5.32 Å². The highest BCUT2D eigenvalue weighted by Crippen LogP contribution is 2.29. The minimum atomic E-state index is -0.297. The van der Waals surface area contributed by atoms with Gasteiger partial charge in [-0.2, -0.15) is 0 Å². The van der Waals surface area contributed by atoms with Gasteiger partial charge in [0.25, 0.3) is 0 Å². The van der Waals surface area contributed by atoms with Crippen LogP contribution in [0.5, 0.6) is 0 Å². The monoisotopic (exact) mass is 488 g/mol. The molecule has 1 N–H and O–H groups in total. The summed E-state index contributed by atoms with van der Waals surface area (Å²) in [5.41, 5.74) is 4.49. The number of furan rings is 1. The van der Waals surface area contributed by atoms with Gasteiger partial charge in [-0.1, -0.05) is 41.4 Å². The summed E-state index contributed by atoms with van der Waals surface area (Å²) in [5, 5.41) is 4.10. The second kappa shape index (κ2) is 9.21. The summed E-state index contributed by atoms with van der Waals surface area (Å²) in [5.74, 6) is 1.40. The maximum absolute atomic E-state index is 12.4. The highest BCUT2D eigenvalue weighted by atomic mass is 35.5. The van der Waals surface area contributed by atoms with Crippen molar-refractivity contribution in [1.29, 1.82) is 0 Å². The third-order valence-corrected chi connectivity index (χ3v) is 5.85. The number of aromatic nitrogens is 1. The Labute approximate surface area is 205 Å². The fraction of sp³-hybridized carbons (Fsp3) is 0.0370. The van der Waals surface area contributed by atoms with Gasteiger partial charge in [0, 0.05) is 32.9 Å². The van der Waals surface area contributed by atoms with Gasteiger partial charge in [-0.15, -0.1) is 0 Å². The van der Waals surface area contributed by atoms with E-state index in [9.17, 15) is 4.79 Å². The summed E-state index contributed by atoms with van der Waals surface area (Å²) in [7, 11) is 0. The normalized spacial score (nSPS) is 11.4. The molecular weight excluding hydrogens is 471 g/mol. The number of fused-ring (bicyclic) bond motifs is 1. The van der Waals surface area contributed by atoms with Crippen molar-refractivity contribution in [2.45, 2.75) is 6.92 Å². The molecule has 5 nitrogen and oxygen atoms in total. The summed E-state index contributed by atoms with van der Waals surface area (Å²) >= 11 is 12.3. The van der Waals surface area contributed by atoms with Crippen molar-refractivity contribution in [3.05, 3.63) is 100 Å². The lowest BCUT2D eigenvalue weighted by Gasteiger charge is -2.01. The van der Waals surface area contributed by atoms with E-state index in [0.29, 0.717) is 44.2 Å². The Kier molecular flexibility index (Phi) is 5.97. The van der Waals surface area contributed by atoms with Crippen LogP contribution in [-0.4, -0.2) is 10.9 Å². The number of hydrogen-bond donors (Lipinski definition) is 1. The van der Waals surface area contributed by atoms with E-state index in [1.165, 1.54) is 6.08 Å². The van der Waals surface area contributed by atoms with Crippen molar-refractivity contribution in [2.24, 2.45) is 0 Å². The van der Waals surface area contributed by atoms with Crippen LogP contribution in [0.3, 0.4) is 0 Å². The molecule has 0 aliphatic carbocycles. The van der Waals surface area contributed by atoms with Gasteiger partial charge in [0.2, 0.25) is 11.8 Å². The second-order valence-corrected chi connectivity index (χ2v) is 8.54. The van der Waals surface area contributed by atoms with Crippen LogP contribution in [-0.2, 0) is 4.79 Å². The lowest BCUT2D eigenvalue weighted by atomic mass is 10.1. The highest BCUT2D eigenvalue weighted by Gasteiger charge is 2.10. The predicted molar refractivity (Wildman–Crippen MR) is 136 cm³/mol. The molecular formula is C27H18Cl2N2O3. The molecule has 2 heterocycles. The number of carbonyl (C=O) groups excluding carboxylic acids is 1. The van der Waals surface area contributed by atoms with Gasteiger partial charge in [-0.25, -0.2) is 4.98 Å². The zero-order chi connectivity index (χ0) is 23.7. The molecule has 0 saturated carbocycles. The van der Waals surface area contributed by atoms with E-state index in [2.05, 4.69) is 10.3 Å². The highest BCUT2D eigenvalue weighted by molar-refractivity contribution is 6.31. The average Bonchev–Trinajstić information content (AvgIpc) is 3.46. The SMILES string of the molecule is Cc1ccc(-c2ccc(/C=C/C(=O)Nc3ccc4oc(-c5cccc(Cl)c5)nc4c3)o2)cc1Cl. The van der Waals surface area contributed by atoms with Crippen LogP contribution >= 0.6 is 23.2 Å². The van der Waals surface area contributed by atoms with Gasteiger partial charge < -0.3 is 14.2 Å². The molecule has 5 rings (SSSR count). The molecule has 0 radical (unpaired) electrons. The smallest absolute Gasteiger partial charge is 0.248 e. The summed E-state index contributed by atoms with van der Waals surface area (Å²) < 4.78 is 11.6. The molecule has 0 aliphatic heterocycles. The van der Waals surface area contributed by atoms with E-state index in [1.807, 2.05) is 43.3 Å². The molecule has 1 amide bonds. The van der Waals surface area contributed by atoms with Crippen molar-refractivity contribution in [1.82, 2.24) is 4.98 Å². The first-order valence-electron chi connectivity index (χ1n) is 10.5. The molecule has 2 aromatic heterocycles. The molecule has 0 atom stereocenters. The molecule has 0 bridgehead atoms. The Morgan fingerprint density at radius 1 is 0.941 bits per heavy atom. The molecule has 34 heavy (non-hydrogen) atoms. The number of nitrogens with zero attached hydrogens (tertiary/aromatic N) is 1. The zero-order valence-corrected chi connectivity index (χ0v) is 19.5. The van der Waals surface area contributed by atoms with Crippen molar-refractivity contribution in [2.75, 3.05) is 5.32 Å². The van der Waals surface area contributed by atoms with Crippen molar-refractivity contribution in [3.8, 4) is 22.8 Å². The van der Waals surface area contributed by atoms with E-state index < -0.39 is 0 Å². The third-order valence-electron chi connectivity index (χ3n) is 5.21. The van der Waals surface area contributed by atoms with E-state index in [0.717, 1.165) is 16.7 Å². The molecule has 0 saturated heterocycles. The Hall–Kier alpha value is -3.80. The first-order chi connectivity index (χ1) is 16.4. The lowest BCUT2D eigenvalue weighted by molar-refractivity contribution is -0.111. The maximum atomic E-state index is 12.4. The van der Waals surface area contributed by atoms with Gasteiger partial charge in [0.15, 0.2) is 5.58 Å². The van der Waals surface area contributed by atoms with E-state index in [-0.39, 0.29) is 5.91 Å². The van der Waals surface area contributed by atoms with Crippen LogP contribution in [0.1, 0.15) is 11.3 Å². The summed E-state index contributed by atoms with van der Waals surface area (Å²) in [4.78, 5) is 16.9. The molecule has 0 fully saturated rings. The Bertz CT molecular complexity index is 1550. The molecule has 3 aromatic carbocycles. The number of oxazole rings is 1. The van der Waals surface area contributed by atoms with Gasteiger partial charge in [-0.05, 0) is 73.2 Å². The standard InChI is InChI=1S/C27H18Cl2N2O3/c1-16-5-6-17(14-22(16)29)24-11-8-21(33-24)9-12-26(32)30-20-7-10-25-23(15-20)31-27(34-25)18-3-2-4-19(28)13-18/h2-15H,1H3,(H,30,32)/b12-9+. The van der Waals surface area contributed by atoms with E-state index in [4.69, 9.17) is 32.0 Å². The molecule has 0 aliphatic rings. The maximum Gasteiger partial charge on any atom is 0.248 e. The van der Waals surface area contributed by atoms with Crippen molar-refractivity contribution >= 4 is 52.0 Å². The number of anilines is 1. The number of benzene rings is 3. The number of carbonyl (C=O) groups is 1. The fourth-order valence-corrected chi connectivity index (χ4v) is 3.81. The quantitative estimate of drug-likeness (QED) is 0.254. The van der Waals surface area contributed by atoms with Crippen LogP contribution in [0, 0.1) is 6.92 Å². The van der Waals surface area contributed by atoms with Crippen LogP contribution in [0.2, 0.25) is 10.0 Å². The van der Waals surface area contributed by atoms with Crippen LogP contribution in [0.4, 0.5) is 5.69 Å². The summed E-state index contributed by atoms with van der Waals surface area (Å²) in [6.07, 6.45) is 3.02. The predicted octanol–water partition coefficient (Wildman–Crippen LogP) is 8.02. The molecule has 0 spiro atoms. The van der Waals surface area contributed by atoms with Gasteiger partial charge in [-0.3, -0.25) is 4.79 Å². The van der Waals surface area contributed by atoms with Gasteiger partial charge >= 0.3 is 0 Å². The number of rotatable bonds is 5. The Morgan fingerprint density at radius 2 is 1.82 bits per heavy atom. The fourth-order valence-electron chi connectivity index (χ4n) is 3.44. The van der Waals surface area contributed by atoms with Crippen LogP contribution in [0.25, 0.3) is 40.0 Å². The number of halogens is 2. The number of hydrogen-bond acceptors (Lipinski definition) is 4. The number of aryl methyl sites for hydroxylation is 1. The number of nitrogens with one attached hydrogen (secondary N) is 1. The molecule has 5 aromatic rings. The summed E-state index contributed by atoms with van der Waals surface area (Å²) in [6.45, 7) is 1.94. The van der Waals surface area contributed by atoms with E-state index in [1.54, 1.807) is 42.5 Å². The van der Waals surface area contributed by atoms with Gasteiger partial charge in [0.1, 0.15) is 17.0 Å². The summed E-state index contributed by atoms with van der Waals surface area (Å²) in [6, 6.07) is 21.9. The third kappa shape index (κ3) is 4.76. The largest absolute Gasteiger partial charge is 0.457 e. The zero-order valence-electron chi connectivity index (χ0n) is 18.0.